The number of amides is 2. The predicted molar refractivity (Wildman–Crippen MR) is 110 cm³/mol. The van der Waals surface area contributed by atoms with Gasteiger partial charge < -0.3 is 25.2 Å². The number of carbonyl (C=O) groups excluding carboxylic acids is 2. The number of para-hydroxylation sites is 1. The van der Waals surface area contributed by atoms with Crippen LogP contribution in [0.15, 0.2) is 48.5 Å². The van der Waals surface area contributed by atoms with Crippen LogP contribution in [0.25, 0.3) is 0 Å². The summed E-state index contributed by atoms with van der Waals surface area (Å²) in [6.45, 7) is 0.457. The molecule has 0 atom stereocenters. The Labute approximate surface area is 178 Å². The van der Waals surface area contributed by atoms with Crippen molar-refractivity contribution in [2.24, 2.45) is 0 Å². The summed E-state index contributed by atoms with van der Waals surface area (Å²) in [5, 5.41) is 21.3. The van der Waals surface area contributed by atoms with E-state index >= 15 is 0 Å². The van der Waals surface area contributed by atoms with Crippen molar-refractivity contribution in [3.8, 4) is 17.2 Å². The smallest absolute Gasteiger partial charge is 0.309 e. The number of nitrogens with zero attached hydrogens (tertiary/aromatic N) is 2. The number of aromatic nitrogens is 3. The fourth-order valence-corrected chi connectivity index (χ4v) is 2.66. The quantitative estimate of drug-likeness (QED) is 0.376. The SMILES string of the molecule is COc1cc(CCNC(=O)C(=O)NCc2n[nH]c(COc3ccccc3)n2)ccc1O. The van der Waals surface area contributed by atoms with Gasteiger partial charge in [-0.05, 0) is 36.2 Å². The average molecular weight is 425 g/mol. The van der Waals surface area contributed by atoms with Gasteiger partial charge in [-0.1, -0.05) is 24.3 Å². The summed E-state index contributed by atoms with van der Waals surface area (Å²) in [6, 6.07) is 14.2. The van der Waals surface area contributed by atoms with Gasteiger partial charge in [0.25, 0.3) is 0 Å². The molecule has 0 radical (unpaired) electrons. The van der Waals surface area contributed by atoms with Crippen LogP contribution in [-0.4, -0.2) is 45.8 Å². The molecular weight excluding hydrogens is 402 g/mol. The number of phenols is 1. The standard InChI is InChI=1S/C21H23N5O5/c1-30-17-11-14(7-8-16(17)27)9-10-22-20(28)21(29)23-12-18-24-19(26-25-18)13-31-15-5-3-2-4-6-15/h2-8,11,27H,9-10,12-13H2,1H3,(H,22,28)(H,23,29)(H,24,25,26). The maximum Gasteiger partial charge on any atom is 0.309 e. The molecule has 2 aromatic carbocycles. The highest BCUT2D eigenvalue weighted by Gasteiger charge is 2.14. The van der Waals surface area contributed by atoms with E-state index in [9.17, 15) is 14.7 Å². The molecule has 31 heavy (non-hydrogen) atoms. The summed E-state index contributed by atoms with van der Waals surface area (Å²) < 4.78 is 10.6. The van der Waals surface area contributed by atoms with E-state index in [-0.39, 0.29) is 25.4 Å². The minimum absolute atomic E-state index is 0.00323. The van der Waals surface area contributed by atoms with Crippen LogP contribution >= 0.6 is 0 Å². The molecule has 0 aliphatic heterocycles. The molecule has 0 aliphatic carbocycles. The zero-order chi connectivity index (χ0) is 22.1. The second-order valence-corrected chi connectivity index (χ2v) is 6.49. The average Bonchev–Trinajstić information content (AvgIpc) is 3.25. The molecule has 4 N–H and O–H groups in total. The molecule has 10 heteroatoms. The number of benzene rings is 2. The molecule has 1 heterocycles. The lowest BCUT2D eigenvalue weighted by molar-refractivity contribution is -0.139. The number of phenolic OH excluding ortho intramolecular Hbond substituents is 1. The molecule has 2 amide bonds. The molecule has 0 aliphatic rings. The summed E-state index contributed by atoms with van der Waals surface area (Å²) in [4.78, 5) is 28.1. The number of aromatic hydroxyl groups is 1. The Morgan fingerprint density at radius 2 is 1.87 bits per heavy atom. The minimum Gasteiger partial charge on any atom is -0.504 e. The lowest BCUT2D eigenvalue weighted by Crippen LogP contribution is -2.40. The highest BCUT2D eigenvalue weighted by molar-refractivity contribution is 6.35. The van der Waals surface area contributed by atoms with Crippen LogP contribution in [0.3, 0.4) is 0 Å². The molecule has 3 rings (SSSR count). The minimum atomic E-state index is -0.782. The third-order valence-electron chi connectivity index (χ3n) is 4.25. The Morgan fingerprint density at radius 1 is 1.10 bits per heavy atom. The van der Waals surface area contributed by atoms with Gasteiger partial charge in [0.15, 0.2) is 23.1 Å². The highest BCUT2D eigenvalue weighted by Crippen LogP contribution is 2.26. The lowest BCUT2D eigenvalue weighted by atomic mass is 10.1. The van der Waals surface area contributed by atoms with Crippen molar-refractivity contribution in [1.82, 2.24) is 25.8 Å². The van der Waals surface area contributed by atoms with Crippen LogP contribution in [-0.2, 0) is 29.2 Å². The van der Waals surface area contributed by atoms with E-state index in [1.54, 1.807) is 12.1 Å². The topological polar surface area (TPSA) is 138 Å². The molecular formula is C21H23N5O5. The van der Waals surface area contributed by atoms with Gasteiger partial charge >= 0.3 is 11.8 Å². The van der Waals surface area contributed by atoms with Crippen LogP contribution in [0.5, 0.6) is 17.2 Å². The van der Waals surface area contributed by atoms with Gasteiger partial charge in [0, 0.05) is 6.54 Å². The lowest BCUT2D eigenvalue weighted by Gasteiger charge is -2.08. The largest absolute Gasteiger partial charge is 0.504 e. The number of methoxy groups -OCH3 is 1. The third-order valence-corrected chi connectivity index (χ3v) is 4.25. The van der Waals surface area contributed by atoms with Gasteiger partial charge in [-0.15, -0.1) is 0 Å². The summed E-state index contributed by atoms with van der Waals surface area (Å²) in [5.74, 6) is 0.393. The van der Waals surface area contributed by atoms with E-state index in [0.717, 1.165) is 5.56 Å². The van der Waals surface area contributed by atoms with Crippen molar-refractivity contribution in [3.05, 3.63) is 65.7 Å². The predicted octanol–water partition coefficient (Wildman–Crippen LogP) is 1.07. The third kappa shape index (κ3) is 6.46. The molecule has 3 aromatic rings. The zero-order valence-electron chi connectivity index (χ0n) is 16.9. The van der Waals surface area contributed by atoms with Crippen LogP contribution < -0.4 is 20.1 Å². The molecule has 0 bridgehead atoms. The number of ether oxygens (including phenoxy) is 2. The van der Waals surface area contributed by atoms with Gasteiger partial charge in [0.2, 0.25) is 0 Å². The van der Waals surface area contributed by atoms with Gasteiger partial charge in [-0.25, -0.2) is 4.98 Å². The van der Waals surface area contributed by atoms with Crippen molar-refractivity contribution in [1.29, 1.82) is 0 Å². The summed E-state index contributed by atoms with van der Waals surface area (Å²) in [7, 11) is 1.46. The van der Waals surface area contributed by atoms with Crippen molar-refractivity contribution in [3.63, 3.8) is 0 Å². The Bertz CT molecular complexity index is 1020. The first-order chi connectivity index (χ1) is 15.0. The van der Waals surface area contributed by atoms with Crippen molar-refractivity contribution in [2.45, 2.75) is 19.6 Å². The molecule has 162 valence electrons. The fourth-order valence-electron chi connectivity index (χ4n) is 2.66. The number of nitrogens with one attached hydrogen (secondary N) is 3. The second kappa shape index (κ2) is 10.6. The Balaban J connectivity index is 1.38. The summed E-state index contributed by atoms with van der Waals surface area (Å²) in [6.07, 6.45) is 0.474. The maximum atomic E-state index is 12.0. The van der Waals surface area contributed by atoms with Gasteiger partial charge in [-0.2, -0.15) is 5.10 Å². The molecule has 0 unspecified atom stereocenters. The normalized spacial score (nSPS) is 10.4. The van der Waals surface area contributed by atoms with Crippen LogP contribution in [0.2, 0.25) is 0 Å². The molecule has 1 aromatic heterocycles. The van der Waals surface area contributed by atoms with E-state index in [1.807, 2.05) is 30.3 Å². The van der Waals surface area contributed by atoms with Gasteiger partial charge in [-0.3, -0.25) is 14.7 Å². The molecule has 0 spiro atoms. The number of H-pyrrole nitrogens is 1. The summed E-state index contributed by atoms with van der Waals surface area (Å²) in [5.41, 5.74) is 0.848. The van der Waals surface area contributed by atoms with E-state index in [0.29, 0.717) is 29.6 Å². The molecule has 0 fully saturated rings. The van der Waals surface area contributed by atoms with Crippen LogP contribution in [0.4, 0.5) is 0 Å². The highest BCUT2D eigenvalue weighted by atomic mass is 16.5. The Hall–Kier alpha value is -4.08. The van der Waals surface area contributed by atoms with E-state index < -0.39 is 11.8 Å². The van der Waals surface area contributed by atoms with E-state index in [4.69, 9.17) is 9.47 Å². The Morgan fingerprint density at radius 3 is 2.65 bits per heavy atom. The first-order valence-electron chi connectivity index (χ1n) is 9.55. The van der Waals surface area contributed by atoms with E-state index in [2.05, 4.69) is 25.8 Å². The zero-order valence-corrected chi connectivity index (χ0v) is 16.9. The molecule has 0 saturated carbocycles. The first-order valence-corrected chi connectivity index (χ1v) is 9.55. The van der Waals surface area contributed by atoms with Crippen LogP contribution in [0.1, 0.15) is 17.2 Å². The van der Waals surface area contributed by atoms with Crippen molar-refractivity contribution in [2.75, 3.05) is 13.7 Å². The number of aromatic amines is 1. The number of hydrogen-bond acceptors (Lipinski definition) is 7. The first kappa shape index (κ1) is 21.6. The van der Waals surface area contributed by atoms with E-state index in [1.165, 1.54) is 13.2 Å². The summed E-state index contributed by atoms with van der Waals surface area (Å²) >= 11 is 0. The Kier molecular flexibility index (Phi) is 7.41. The molecule has 0 saturated heterocycles. The fraction of sp³-hybridized carbons (Fsp3) is 0.238. The van der Waals surface area contributed by atoms with Crippen molar-refractivity contribution >= 4 is 11.8 Å². The second-order valence-electron chi connectivity index (χ2n) is 6.49. The van der Waals surface area contributed by atoms with Crippen molar-refractivity contribution < 1.29 is 24.2 Å². The maximum absolute atomic E-state index is 12.0. The van der Waals surface area contributed by atoms with Gasteiger partial charge in [0.05, 0.1) is 13.7 Å². The van der Waals surface area contributed by atoms with Gasteiger partial charge in [0.1, 0.15) is 12.4 Å². The monoisotopic (exact) mass is 425 g/mol. The van der Waals surface area contributed by atoms with Crippen LogP contribution in [0, 0.1) is 0 Å². The number of rotatable bonds is 9. The number of carbonyl (C=O) groups is 2. The molecule has 10 nitrogen and oxygen atoms in total. The number of hydrogen-bond donors (Lipinski definition) is 4.